The van der Waals surface area contributed by atoms with Gasteiger partial charge >= 0.3 is 0 Å². The molecule has 1 aliphatic rings. The minimum absolute atomic E-state index is 0.00868. The second-order valence-electron chi connectivity index (χ2n) is 6.56. The first-order valence-electron chi connectivity index (χ1n) is 8.62. The molecule has 1 N–H and O–H groups in total. The zero-order valence-corrected chi connectivity index (χ0v) is 15.5. The van der Waals surface area contributed by atoms with E-state index in [1.807, 2.05) is 25.1 Å². The molecule has 0 aliphatic carbocycles. The first kappa shape index (κ1) is 17.8. The molecule has 132 valence electrons. The van der Waals surface area contributed by atoms with Gasteiger partial charge in [-0.15, -0.1) is 0 Å². The third-order valence-electron chi connectivity index (χ3n) is 4.65. The van der Waals surface area contributed by atoms with Crippen molar-refractivity contribution in [1.29, 1.82) is 0 Å². The molecule has 1 amide bonds. The van der Waals surface area contributed by atoms with E-state index in [1.165, 1.54) is 11.3 Å². The maximum absolute atomic E-state index is 12.3. The summed E-state index contributed by atoms with van der Waals surface area (Å²) < 4.78 is 0. The average molecular weight is 358 g/mol. The number of hydrogen-bond donors (Lipinski definition) is 1. The highest BCUT2D eigenvalue weighted by Gasteiger charge is 2.19. The fourth-order valence-electron chi connectivity index (χ4n) is 3.12. The number of anilines is 2. The topological polar surface area (TPSA) is 35.6 Å². The molecule has 0 spiro atoms. The molecule has 2 aromatic carbocycles. The molecular weight excluding hydrogens is 334 g/mol. The van der Waals surface area contributed by atoms with Gasteiger partial charge < -0.3 is 10.2 Å². The molecule has 1 aliphatic heterocycles. The Kier molecular flexibility index (Phi) is 5.61. The van der Waals surface area contributed by atoms with E-state index in [0.29, 0.717) is 11.6 Å². The molecule has 2 aromatic rings. The van der Waals surface area contributed by atoms with E-state index in [4.69, 9.17) is 11.6 Å². The van der Waals surface area contributed by atoms with Crippen LogP contribution in [-0.4, -0.2) is 43.5 Å². The van der Waals surface area contributed by atoms with Crippen LogP contribution in [0.1, 0.15) is 11.1 Å². The SMILES string of the molecule is Cc1cccc(N2CCN(CC(=O)Nc3cccc(Cl)c3C)CC2)c1. The second kappa shape index (κ2) is 7.89. The third-order valence-corrected chi connectivity index (χ3v) is 5.06. The van der Waals surface area contributed by atoms with Gasteiger partial charge in [0.2, 0.25) is 5.91 Å². The molecule has 3 rings (SSSR count). The van der Waals surface area contributed by atoms with Gasteiger partial charge in [0.1, 0.15) is 0 Å². The maximum atomic E-state index is 12.3. The van der Waals surface area contributed by atoms with E-state index in [2.05, 4.69) is 46.3 Å². The van der Waals surface area contributed by atoms with Crippen molar-refractivity contribution in [1.82, 2.24) is 4.90 Å². The molecule has 0 unspecified atom stereocenters. The number of aryl methyl sites for hydroxylation is 1. The molecule has 1 heterocycles. The van der Waals surface area contributed by atoms with Crippen molar-refractivity contribution in [2.75, 3.05) is 42.9 Å². The Morgan fingerprint density at radius 1 is 1.08 bits per heavy atom. The summed E-state index contributed by atoms with van der Waals surface area (Å²) in [6, 6.07) is 14.1. The van der Waals surface area contributed by atoms with Crippen LogP contribution in [-0.2, 0) is 4.79 Å². The molecule has 1 saturated heterocycles. The molecule has 0 bridgehead atoms. The van der Waals surface area contributed by atoms with E-state index in [1.54, 1.807) is 0 Å². The van der Waals surface area contributed by atoms with Crippen LogP contribution >= 0.6 is 11.6 Å². The van der Waals surface area contributed by atoms with Gasteiger partial charge in [0.15, 0.2) is 0 Å². The van der Waals surface area contributed by atoms with Crippen molar-refractivity contribution in [3.8, 4) is 0 Å². The fourth-order valence-corrected chi connectivity index (χ4v) is 3.30. The molecule has 25 heavy (non-hydrogen) atoms. The molecule has 0 atom stereocenters. The highest BCUT2D eigenvalue weighted by Crippen LogP contribution is 2.23. The second-order valence-corrected chi connectivity index (χ2v) is 6.97. The van der Waals surface area contributed by atoms with Crippen LogP contribution < -0.4 is 10.2 Å². The summed E-state index contributed by atoms with van der Waals surface area (Å²) in [5.74, 6) is 0.00868. The normalized spacial score (nSPS) is 15.2. The van der Waals surface area contributed by atoms with Crippen molar-refractivity contribution in [2.24, 2.45) is 0 Å². The molecule has 1 fully saturated rings. The summed E-state index contributed by atoms with van der Waals surface area (Å²) in [4.78, 5) is 16.9. The van der Waals surface area contributed by atoms with Crippen molar-refractivity contribution in [3.05, 3.63) is 58.6 Å². The lowest BCUT2D eigenvalue weighted by atomic mass is 10.2. The summed E-state index contributed by atoms with van der Waals surface area (Å²) in [7, 11) is 0. The van der Waals surface area contributed by atoms with Crippen molar-refractivity contribution in [2.45, 2.75) is 13.8 Å². The highest BCUT2D eigenvalue weighted by molar-refractivity contribution is 6.31. The first-order valence-corrected chi connectivity index (χ1v) is 8.99. The third kappa shape index (κ3) is 4.53. The molecule has 0 saturated carbocycles. The molecule has 5 heteroatoms. The van der Waals surface area contributed by atoms with Gasteiger partial charge in [-0.25, -0.2) is 0 Å². The summed E-state index contributed by atoms with van der Waals surface area (Å²) in [6.07, 6.45) is 0. The lowest BCUT2D eigenvalue weighted by Gasteiger charge is -2.35. The van der Waals surface area contributed by atoms with Crippen molar-refractivity contribution >= 4 is 28.9 Å². The fraction of sp³-hybridized carbons (Fsp3) is 0.350. The highest BCUT2D eigenvalue weighted by atomic mass is 35.5. The summed E-state index contributed by atoms with van der Waals surface area (Å²) in [6.45, 7) is 8.08. The van der Waals surface area contributed by atoms with Crippen LogP contribution in [0.15, 0.2) is 42.5 Å². The Hall–Kier alpha value is -2.04. The maximum Gasteiger partial charge on any atom is 0.238 e. The summed E-state index contributed by atoms with van der Waals surface area (Å²) in [5, 5.41) is 3.64. The number of nitrogens with one attached hydrogen (secondary N) is 1. The van der Waals surface area contributed by atoms with Gasteiger partial charge in [-0.3, -0.25) is 9.69 Å². The van der Waals surface area contributed by atoms with Gasteiger partial charge in [0.05, 0.1) is 6.54 Å². The van der Waals surface area contributed by atoms with Crippen molar-refractivity contribution in [3.63, 3.8) is 0 Å². The number of carbonyl (C=O) groups is 1. The number of amides is 1. The Morgan fingerprint density at radius 3 is 2.52 bits per heavy atom. The predicted octanol–water partition coefficient (Wildman–Crippen LogP) is 3.72. The minimum atomic E-state index is 0.00868. The lowest BCUT2D eigenvalue weighted by Crippen LogP contribution is -2.48. The number of benzene rings is 2. The van der Waals surface area contributed by atoms with E-state index in [9.17, 15) is 4.79 Å². The Balaban J connectivity index is 1.52. The smallest absolute Gasteiger partial charge is 0.238 e. The van der Waals surface area contributed by atoms with Crippen LogP contribution in [0.3, 0.4) is 0 Å². The van der Waals surface area contributed by atoms with Crippen LogP contribution in [0, 0.1) is 13.8 Å². The van der Waals surface area contributed by atoms with Crippen LogP contribution in [0.2, 0.25) is 5.02 Å². The van der Waals surface area contributed by atoms with E-state index in [-0.39, 0.29) is 5.91 Å². The zero-order chi connectivity index (χ0) is 17.8. The largest absolute Gasteiger partial charge is 0.369 e. The number of nitrogens with zero attached hydrogens (tertiary/aromatic N) is 2. The Bertz CT molecular complexity index is 754. The van der Waals surface area contributed by atoms with Gasteiger partial charge in [0, 0.05) is 42.6 Å². The van der Waals surface area contributed by atoms with E-state index in [0.717, 1.165) is 37.4 Å². The first-order chi connectivity index (χ1) is 12.0. The van der Waals surface area contributed by atoms with Crippen LogP contribution in [0.5, 0.6) is 0 Å². The van der Waals surface area contributed by atoms with Crippen LogP contribution in [0.4, 0.5) is 11.4 Å². The minimum Gasteiger partial charge on any atom is -0.369 e. The number of rotatable bonds is 4. The predicted molar refractivity (Wildman–Crippen MR) is 105 cm³/mol. The standard InChI is InChI=1S/C20H24ClN3O/c1-15-5-3-6-17(13-15)24-11-9-23(10-12-24)14-20(25)22-19-8-4-7-18(21)16(19)2/h3-8,13H,9-12,14H2,1-2H3,(H,22,25). The zero-order valence-electron chi connectivity index (χ0n) is 14.8. The number of halogens is 1. The Labute approximate surface area is 154 Å². The summed E-state index contributed by atoms with van der Waals surface area (Å²) in [5.41, 5.74) is 4.23. The monoisotopic (exact) mass is 357 g/mol. The number of hydrogen-bond acceptors (Lipinski definition) is 3. The average Bonchev–Trinajstić information content (AvgIpc) is 2.60. The van der Waals surface area contributed by atoms with Gasteiger partial charge in [-0.1, -0.05) is 29.8 Å². The lowest BCUT2D eigenvalue weighted by molar-refractivity contribution is -0.117. The van der Waals surface area contributed by atoms with Gasteiger partial charge in [-0.05, 0) is 49.2 Å². The summed E-state index contributed by atoms with van der Waals surface area (Å²) >= 11 is 6.11. The van der Waals surface area contributed by atoms with Crippen LogP contribution in [0.25, 0.3) is 0 Å². The van der Waals surface area contributed by atoms with E-state index < -0.39 is 0 Å². The quantitative estimate of drug-likeness (QED) is 0.905. The molecular formula is C20H24ClN3O. The number of carbonyl (C=O) groups excluding carboxylic acids is 1. The van der Waals surface area contributed by atoms with Crippen molar-refractivity contribution < 1.29 is 4.79 Å². The molecule has 0 radical (unpaired) electrons. The van der Waals surface area contributed by atoms with Gasteiger partial charge in [0.25, 0.3) is 0 Å². The van der Waals surface area contributed by atoms with E-state index >= 15 is 0 Å². The van der Waals surface area contributed by atoms with Gasteiger partial charge in [-0.2, -0.15) is 0 Å². The Morgan fingerprint density at radius 2 is 1.80 bits per heavy atom. The number of piperazine rings is 1. The molecule has 4 nitrogen and oxygen atoms in total. The molecule has 0 aromatic heterocycles.